The molecule has 1 aliphatic carbocycles. The molecule has 3 aliphatic rings. The molecule has 1 aromatic rings. The van der Waals surface area contributed by atoms with Crippen LogP contribution in [0.15, 0.2) is 18.2 Å². The maximum Gasteiger partial charge on any atom is 0.254 e. The lowest BCUT2D eigenvalue weighted by Crippen LogP contribution is -2.45. The lowest BCUT2D eigenvalue weighted by molar-refractivity contribution is -0.134. The topological polar surface area (TPSA) is 89.6 Å². The van der Waals surface area contributed by atoms with Gasteiger partial charge in [0.05, 0.1) is 13.7 Å². The minimum Gasteiger partial charge on any atom is -0.493 e. The second kappa shape index (κ2) is 15.8. The van der Waals surface area contributed by atoms with E-state index in [-0.39, 0.29) is 17.9 Å². The number of hydrogen-bond donors (Lipinski definition) is 1. The van der Waals surface area contributed by atoms with Crippen LogP contribution in [0.4, 0.5) is 0 Å². The summed E-state index contributed by atoms with van der Waals surface area (Å²) in [6, 6.07) is 5.45. The molecule has 2 atom stereocenters. The highest BCUT2D eigenvalue weighted by molar-refractivity contribution is 5.95. The first-order valence-electron chi connectivity index (χ1n) is 15.6. The minimum absolute atomic E-state index is 0.0134. The van der Waals surface area contributed by atoms with E-state index >= 15 is 0 Å². The van der Waals surface area contributed by atoms with Crippen molar-refractivity contribution in [3.05, 3.63) is 23.8 Å². The first-order valence-corrected chi connectivity index (χ1v) is 15.6. The summed E-state index contributed by atoms with van der Waals surface area (Å²) in [6.07, 6.45) is 5.79. The third kappa shape index (κ3) is 9.32. The number of hydrogen-bond acceptors (Lipinski definition) is 7. The van der Waals surface area contributed by atoms with Crippen LogP contribution >= 0.6 is 0 Å². The molecule has 2 heterocycles. The van der Waals surface area contributed by atoms with E-state index in [0.717, 1.165) is 58.7 Å². The molecule has 3 fully saturated rings. The van der Waals surface area contributed by atoms with Crippen molar-refractivity contribution in [3.8, 4) is 11.5 Å². The van der Waals surface area contributed by atoms with Gasteiger partial charge in [0.2, 0.25) is 5.91 Å². The Balaban J connectivity index is 1.41. The Morgan fingerprint density at radius 1 is 0.951 bits per heavy atom. The van der Waals surface area contributed by atoms with Crippen LogP contribution in [0.1, 0.15) is 62.7 Å². The van der Waals surface area contributed by atoms with Gasteiger partial charge in [0.15, 0.2) is 11.5 Å². The highest BCUT2D eigenvalue weighted by Crippen LogP contribution is 2.33. The maximum absolute atomic E-state index is 13.8. The molecule has 230 valence electrons. The SMILES string of the molecule is COCCCOc1cc(C(=O)N(C[C@@H]2CNC[C@H]2CN(CC2CC2)C(=O)CC2CCOCC2)C(C)C)ccc1OC. The van der Waals surface area contributed by atoms with Crippen LogP contribution in [-0.2, 0) is 14.3 Å². The quantitative estimate of drug-likeness (QED) is 0.301. The van der Waals surface area contributed by atoms with E-state index in [4.69, 9.17) is 18.9 Å². The molecule has 0 spiro atoms. The summed E-state index contributed by atoms with van der Waals surface area (Å²) in [5, 5.41) is 3.56. The largest absolute Gasteiger partial charge is 0.493 e. The Labute approximate surface area is 246 Å². The molecule has 0 bridgehead atoms. The van der Waals surface area contributed by atoms with E-state index in [2.05, 4.69) is 24.1 Å². The lowest BCUT2D eigenvalue weighted by atomic mass is 9.92. The maximum atomic E-state index is 13.8. The zero-order valence-electron chi connectivity index (χ0n) is 25.6. The Hall–Kier alpha value is -2.36. The van der Waals surface area contributed by atoms with E-state index in [9.17, 15) is 9.59 Å². The van der Waals surface area contributed by atoms with Gasteiger partial charge in [-0.25, -0.2) is 0 Å². The molecule has 9 heteroatoms. The van der Waals surface area contributed by atoms with Crippen LogP contribution in [-0.4, -0.2) is 101 Å². The van der Waals surface area contributed by atoms with Gasteiger partial charge in [0.25, 0.3) is 5.91 Å². The molecule has 41 heavy (non-hydrogen) atoms. The summed E-state index contributed by atoms with van der Waals surface area (Å²) >= 11 is 0. The van der Waals surface area contributed by atoms with E-state index in [1.54, 1.807) is 26.4 Å². The second-order valence-corrected chi connectivity index (χ2v) is 12.3. The summed E-state index contributed by atoms with van der Waals surface area (Å²) in [5.74, 6) is 3.13. The fourth-order valence-corrected chi connectivity index (χ4v) is 5.97. The van der Waals surface area contributed by atoms with Gasteiger partial charge in [-0.2, -0.15) is 0 Å². The fraction of sp³-hybridized carbons (Fsp3) is 0.750. The average molecular weight is 574 g/mol. The number of carbonyl (C=O) groups excluding carboxylic acids is 2. The molecule has 2 amide bonds. The third-order valence-corrected chi connectivity index (χ3v) is 8.74. The Morgan fingerprint density at radius 2 is 1.68 bits per heavy atom. The summed E-state index contributed by atoms with van der Waals surface area (Å²) in [4.78, 5) is 31.4. The predicted molar refractivity (Wildman–Crippen MR) is 158 cm³/mol. The van der Waals surface area contributed by atoms with Gasteiger partial charge >= 0.3 is 0 Å². The Morgan fingerprint density at radius 3 is 2.34 bits per heavy atom. The number of nitrogens with zero attached hydrogens (tertiary/aromatic N) is 2. The molecule has 0 aromatic heterocycles. The van der Waals surface area contributed by atoms with Crippen LogP contribution < -0.4 is 14.8 Å². The highest BCUT2D eigenvalue weighted by Gasteiger charge is 2.36. The van der Waals surface area contributed by atoms with Gasteiger partial charge < -0.3 is 34.1 Å². The average Bonchev–Trinajstić information content (AvgIpc) is 3.69. The van der Waals surface area contributed by atoms with Gasteiger partial charge in [0.1, 0.15) is 0 Å². The summed E-state index contributed by atoms with van der Waals surface area (Å²) < 4.78 is 22.0. The van der Waals surface area contributed by atoms with Crippen molar-refractivity contribution in [2.75, 3.05) is 73.4 Å². The first kappa shape index (κ1) is 31.6. The molecule has 1 N–H and O–H groups in total. The van der Waals surface area contributed by atoms with Crippen molar-refractivity contribution in [2.24, 2.45) is 23.7 Å². The molecule has 1 saturated carbocycles. The van der Waals surface area contributed by atoms with E-state index in [1.807, 2.05) is 11.0 Å². The minimum atomic E-state index is -0.0134. The molecule has 2 saturated heterocycles. The lowest BCUT2D eigenvalue weighted by Gasteiger charge is -2.34. The second-order valence-electron chi connectivity index (χ2n) is 12.3. The number of methoxy groups -OCH3 is 2. The molecule has 2 aliphatic heterocycles. The number of benzene rings is 1. The van der Waals surface area contributed by atoms with Crippen molar-refractivity contribution in [1.82, 2.24) is 15.1 Å². The van der Waals surface area contributed by atoms with Crippen molar-refractivity contribution in [3.63, 3.8) is 0 Å². The van der Waals surface area contributed by atoms with Crippen LogP contribution in [0.2, 0.25) is 0 Å². The van der Waals surface area contributed by atoms with Gasteiger partial charge in [-0.05, 0) is 81.4 Å². The molecular formula is C32H51N3O6. The molecular weight excluding hydrogens is 522 g/mol. The van der Waals surface area contributed by atoms with Gasteiger partial charge in [-0.3, -0.25) is 9.59 Å². The van der Waals surface area contributed by atoms with Crippen molar-refractivity contribution < 1.29 is 28.5 Å². The van der Waals surface area contributed by atoms with E-state index in [1.165, 1.54) is 12.8 Å². The number of amides is 2. The molecule has 4 rings (SSSR count). The smallest absolute Gasteiger partial charge is 0.254 e. The fourth-order valence-electron chi connectivity index (χ4n) is 5.97. The third-order valence-electron chi connectivity index (χ3n) is 8.74. The van der Waals surface area contributed by atoms with Gasteiger partial charge in [-0.1, -0.05) is 0 Å². The van der Waals surface area contributed by atoms with Gasteiger partial charge in [-0.15, -0.1) is 0 Å². The molecule has 0 radical (unpaired) electrons. The van der Waals surface area contributed by atoms with Crippen LogP contribution in [0, 0.1) is 23.7 Å². The predicted octanol–water partition coefficient (Wildman–Crippen LogP) is 3.85. The van der Waals surface area contributed by atoms with E-state index in [0.29, 0.717) is 66.9 Å². The van der Waals surface area contributed by atoms with E-state index < -0.39 is 0 Å². The monoisotopic (exact) mass is 573 g/mol. The van der Waals surface area contributed by atoms with Gasteiger partial charge in [0, 0.05) is 84.1 Å². The summed E-state index contributed by atoms with van der Waals surface area (Å²) in [6.45, 7) is 10.8. The highest BCUT2D eigenvalue weighted by atomic mass is 16.5. The Kier molecular flexibility index (Phi) is 12.1. The number of nitrogens with one attached hydrogen (secondary N) is 1. The first-order chi connectivity index (χ1) is 19.9. The van der Waals surface area contributed by atoms with Crippen molar-refractivity contribution in [2.45, 2.75) is 58.4 Å². The standard InChI is InChI=1S/C32H51N3O6/c1-23(2)35(32(37)26-8-9-29(39-4)30(17-26)41-13-5-12-38-3)22-28-19-33-18-27(28)21-34(20-25-6-7-25)31(36)16-24-10-14-40-15-11-24/h8-9,17,23-25,27-28,33H,5-7,10-16,18-22H2,1-4H3/t27-,28-/m0/s1. The van der Waals surface area contributed by atoms with Crippen molar-refractivity contribution in [1.29, 1.82) is 0 Å². The number of rotatable bonds is 16. The number of carbonyl (C=O) groups is 2. The molecule has 1 aromatic carbocycles. The van der Waals surface area contributed by atoms with Crippen LogP contribution in [0.5, 0.6) is 11.5 Å². The normalized spacial score (nSPS) is 21.2. The zero-order chi connectivity index (χ0) is 29.2. The Bertz CT molecular complexity index is 978. The molecule has 0 unspecified atom stereocenters. The zero-order valence-corrected chi connectivity index (χ0v) is 25.6. The van der Waals surface area contributed by atoms with Crippen molar-refractivity contribution >= 4 is 11.8 Å². The summed E-state index contributed by atoms with van der Waals surface area (Å²) in [5.41, 5.74) is 0.589. The molecule has 9 nitrogen and oxygen atoms in total. The number of ether oxygens (including phenoxy) is 4. The summed E-state index contributed by atoms with van der Waals surface area (Å²) in [7, 11) is 3.27. The van der Waals surface area contributed by atoms with Crippen LogP contribution in [0.25, 0.3) is 0 Å². The van der Waals surface area contributed by atoms with Crippen LogP contribution in [0.3, 0.4) is 0 Å².